The molecule has 0 saturated carbocycles. The lowest BCUT2D eigenvalue weighted by atomic mass is 10.1. The monoisotopic (exact) mass is 370 g/mol. The predicted molar refractivity (Wildman–Crippen MR) is 110 cm³/mol. The summed E-state index contributed by atoms with van der Waals surface area (Å²) < 4.78 is 5.25. The number of hydrogen-bond donors (Lipinski definition) is 2. The molecule has 4 rings (SSSR count). The molecule has 5 nitrogen and oxygen atoms in total. The minimum absolute atomic E-state index is 0.114. The fourth-order valence-corrected chi connectivity index (χ4v) is 3.08. The number of rotatable bonds is 5. The summed E-state index contributed by atoms with van der Waals surface area (Å²) in [5.74, 6) is -0.0782. The fraction of sp³-hybridized carbons (Fsp3) is 0.0435. The Balaban J connectivity index is 1.76. The second-order valence-electron chi connectivity index (χ2n) is 6.32. The van der Waals surface area contributed by atoms with E-state index in [-0.39, 0.29) is 5.56 Å². The van der Waals surface area contributed by atoms with Crippen molar-refractivity contribution in [2.45, 2.75) is 0 Å². The number of ether oxygens (including phenoxy) is 1. The van der Waals surface area contributed by atoms with Gasteiger partial charge in [0.25, 0.3) is 0 Å². The van der Waals surface area contributed by atoms with Crippen molar-refractivity contribution < 1.29 is 14.6 Å². The smallest absolute Gasteiger partial charge is 0.339 e. The lowest BCUT2D eigenvalue weighted by Crippen LogP contribution is -2.05. The highest BCUT2D eigenvalue weighted by atomic mass is 16.5. The average molecular weight is 370 g/mol. The topological polar surface area (TPSA) is 71.5 Å². The minimum Gasteiger partial charge on any atom is -0.497 e. The number of carboxylic acid groups (broad SMARTS) is 1. The first kappa shape index (κ1) is 17.5. The van der Waals surface area contributed by atoms with Crippen LogP contribution in [0.1, 0.15) is 10.4 Å². The Morgan fingerprint density at radius 2 is 1.71 bits per heavy atom. The third kappa shape index (κ3) is 3.50. The minimum atomic E-state index is -1.04. The van der Waals surface area contributed by atoms with E-state index in [0.29, 0.717) is 17.1 Å². The molecule has 0 unspecified atom stereocenters. The van der Waals surface area contributed by atoms with Crippen LogP contribution < -0.4 is 10.1 Å². The van der Waals surface area contributed by atoms with E-state index >= 15 is 0 Å². The molecule has 0 aliphatic carbocycles. The molecule has 0 atom stereocenters. The molecule has 0 fully saturated rings. The quantitative estimate of drug-likeness (QED) is 0.495. The van der Waals surface area contributed by atoms with Crippen LogP contribution in [-0.4, -0.2) is 23.2 Å². The predicted octanol–water partition coefficient (Wildman–Crippen LogP) is 5.35. The molecule has 3 aromatic carbocycles. The van der Waals surface area contributed by atoms with Gasteiger partial charge in [0.05, 0.1) is 12.6 Å². The largest absolute Gasteiger partial charge is 0.497 e. The highest BCUT2D eigenvalue weighted by Gasteiger charge is 2.14. The van der Waals surface area contributed by atoms with E-state index in [4.69, 9.17) is 4.74 Å². The molecule has 28 heavy (non-hydrogen) atoms. The zero-order valence-electron chi connectivity index (χ0n) is 15.2. The zero-order valence-corrected chi connectivity index (χ0v) is 15.2. The van der Waals surface area contributed by atoms with Crippen LogP contribution in [0.25, 0.3) is 22.0 Å². The molecule has 0 bridgehead atoms. The van der Waals surface area contributed by atoms with E-state index in [2.05, 4.69) is 10.3 Å². The van der Waals surface area contributed by atoms with Crippen LogP contribution in [0.15, 0.2) is 78.9 Å². The van der Waals surface area contributed by atoms with Crippen molar-refractivity contribution in [3.63, 3.8) is 0 Å². The molecular formula is C23H18N2O3. The number of methoxy groups -OCH3 is 1. The van der Waals surface area contributed by atoms with Gasteiger partial charge < -0.3 is 15.2 Å². The van der Waals surface area contributed by atoms with Gasteiger partial charge in [-0.25, -0.2) is 9.78 Å². The number of hydrogen-bond acceptors (Lipinski definition) is 4. The number of pyridine rings is 1. The average Bonchev–Trinajstić information content (AvgIpc) is 2.73. The maximum absolute atomic E-state index is 11.8. The van der Waals surface area contributed by atoms with Crippen LogP contribution in [-0.2, 0) is 0 Å². The van der Waals surface area contributed by atoms with E-state index in [1.165, 1.54) is 0 Å². The Kier molecular flexibility index (Phi) is 4.64. The highest BCUT2D eigenvalue weighted by Crippen LogP contribution is 2.28. The lowest BCUT2D eigenvalue weighted by molar-refractivity contribution is 0.0698. The molecule has 0 spiro atoms. The molecule has 1 heterocycles. The van der Waals surface area contributed by atoms with Crippen LogP contribution >= 0.6 is 0 Å². The van der Waals surface area contributed by atoms with Crippen molar-refractivity contribution in [3.8, 4) is 16.9 Å². The van der Waals surface area contributed by atoms with Gasteiger partial charge in [-0.2, -0.15) is 0 Å². The molecular weight excluding hydrogens is 352 g/mol. The van der Waals surface area contributed by atoms with Gasteiger partial charge in [-0.3, -0.25) is 0 Å². The summed E-state index contributed by atoms with van der Waals surface area (Å²) in [5.41, 5.74) is 3.65. The van der Waals surface area contributed by atoms with Crippen LogP contribution in [0, 0.1) is 0 Å². The summed E-state index contributed by atoms with van der Waals surface area (Å²) in [7, 11) is 1.58. The van der Waals surface area contributed by atoms with Gasteiger partial charge in [0.1, 0.15) is 17.1 Å². The van der Waals surface area contributed by atoms with Gasteiger partial charge in [-0.05, 0) is 41.5 Å². The van der Waals surface area contributed by atoms with Gasteiger partial charge in [0, 0.05) is 17.1 Å². The standard InChI is InChI=1S/C23H18N2O3/c1-28-19-11-10-17-13-20(23(26)27)22(25-21(17)14-19)24-18-9-5-8-16(12-18)15-6-3-2-4-7-15/h2-14H,1H3,(H,24,25)(H,26,27). The number of fused-ring (bicyclic) bond motifs is 1. The Morgan fingerprint density at radius 3 is 2.46 bits per heavy atom. The van der Waals surface area contributed by atoms with Crippen molar-refractivity contribution in [2.24, 2.45) is 0 Å². The Morgan fingerprint density at radius 1 is 0.929 bits per heavy atom. The van der Waals surface area contributed by atoms with E-state index in [1.807, 2.05) is 54.6 Å². The van der Waals surface area contributed by atoms with Crippen molar-refractivity contribution in [1.82, 2.24) is 4.98 Å². The molecule has 4 aromatic rings. The molecule has 5 heteroatoms. The second kappa shape index (κ2) is 7.40. The third-order valence-corrected chi connectivity index (χ3v) is 4.49. The first-order chi connectivity index (χ1) is 13.6. The number of aromatic carboxylic acids is 1. The van der Waals surface area contributed by atoms with Gasteiger partial charge in [0.15, 0.2) is 0 Å². The molecule has 0 radical (unpaired) electrons. The number of carbonyl (C=O) groups is 1. The van der Waals surface area contributed by atoms with E-state index in [1.54, 1.807) is 31.4 Å². The van der Waals surface area contributed by atoms with Crippen LogP contribution in [0.5, 0.6) is 5.75 Å². The zero-order chi connectivity index (χ0) is 19.5. The van der Waals surface area contributed by atoms with E-state index in [0.717, 1.165) is 22.2 Å². The third-order valence-electron chi connectivity index (χ3n) is 4.49. The van der Waals surface area contributed by atoms with E-state index < -0.39 is 5.97 Å². The molecule has 1 aromatic heterocycles. The fourth-order valence-electron chi connectivity index (χ4n) is 3.08. The molecule has 0 saturated heterocycles. The number of nitrogens with one attached hydrogen (secondary N) is 1. The van der Waals surface area contributed by atoms with Gasteiger partial charge in [-0.15, -0.1) is 0 Å². The van der Waals surface area contributed by atoms with Gasteiger partial charge >= 0.3 is 5.97 Å². The normalized spacial score (nSPS) is 10.6. The molecule has 2 N–H and O–H groups in total. The number of benzene rings is 3. The first-order valence-electron chi connectivity index (χ1n) is 8.78. The second-order valence-corrected chi connectivity index (χ2v) is 6.32. The summed E-state index contributed by atoms with van der Waals surface area (Å²) >= 11 is 0. The summed E-state index contributed by atoms with van der Waals surface area (Å²) in [6.45, 7) is 0. The Bertz CT molecular complexity index is 1160. The molecule has 0 aliphatic heterocycles. The maximum atomic E-state index is 11.8. The highest BCUT2D eigenvalue weighted by molar-refractivity contribution is 5.99. The van der Waals surface area contributed by atoms with Crippen molar-refractivity contribution in [3.05, 3.63) is 84.4 Å². The Labute approximate surface area is 162 Å². The van der Waals surface area contributed by atoms with Crippen molar-refractivity contribution in [2.75, 3.05) is 12.4 Å². The summed E-state index contributed by atoms with van der Waals surface area (Å²) in [6, 6.07) is 24.8. The van der Waals surface area contributed by atoms with E-state index in [9.17, 15) is 9.90 Å². The van der Waals surface area contributed by atoms with Crippen LogP contribution in [0.4, 0.5) is 11.5 Å². The summed E-state index contributed by atoms with van der Waals surface area (Å²) in [4.78, 5) is 16.3. The summed E-state index contributed by atoms with van der Waals surface area (Å²) in [6.07, 6.45) is 0. The van der Waals surface area contributed by atoms with Crippen molar-refractivity contribution in [1.29, 1.82) is 0 Å². The summed E-state index contributed by atoms with van der Waals surface area (Å²) in [5, 5.41) is 13.5. The number of anilines is 2. The van der Waals surface area contributed by atoms with Crippen molar-refractivity contribution >= 4 is 28.4 Å². The molecule has 138 valence electrons. The SMILES string of the molecule is COc1ccc2cc(C(=O)O)c(Nc3cccc(-c4ccccc4)c3)nc2c1. The lowest BCUT2D eigenvalue weighted by Gasteiger charge is -2.12. The number of nitrogens with zero attached hydrogens (tertiary/aromatic N) is 1. The molecule has 0 aliphatic rings. The Hall–Kier alpha value is -3.86. The number of aromatic nitrogens is 1. The maximum Gasteiger partial charge on any atom is 0.339 e. The van der Waals surface area contributed by atoms with Gasteiger partial charge in [0.2, 0.25) is 0 Å². The first-order valence-corrected chi connectivity index (χ1v) is 8.78. The van der Waals surface area contributed by atoms with Crippen LogP contribution in [0.3, 0.4) is 0 Å². The molecule has 0 amide bonds. The number of carboxylic acids is 1. The van der Waals surface area contributed by atoms with Crippen LogP contribution in [0.2, 0.25) is 0 Å². The van der Waals surface area contributed by atoms with Gasteiger partial charge in [-0.1, -0.05) is 42.5 Å².